The first-order valence-electron chi connectivity index (χ1n) is 16.6. The van der Waals surface area contributed by atoms with Gasteiger partial charge in [0, 0.05) is 24.7 Å². The summed E-state index contributed by atoms with van der Waals surface area (Å²) in [7, 11) is 0. The van der Waals surface area contributed by atoms with Crippen LogP contribution in [-0.2, 0) is 6.18 Å². The van der Waals surface area contributed by atoms with Gasteiger partial charge in [-0.1, -0.05) is 17.7 Å². The maximum absolute atomic E-state index is 17.1. The van der Waals surface area contributed by atoms with Crippen molar-refractivity contribution < 1.29 is 31.4 Å². The molecule has 3 aliphatic heterocycles. The van der Waals surface area contributed by atoms with Gasteiger partial charge in [0.1, 0.15) is 42.4 Å². The SMILES string of the molecule is Cc1cc(N)nc(-c2c(Cl)c3c4c(nc(OC[C@@]56CCCN5C[C@H](F)C6)nc4c2F)N([C@@H](c2cccnc2N)C2CC2)CCO3)c1C(F)(F)F. The number of fused-ring (bicyclic) bond motifs is 1. The van der Waals surface area contributed by atoms with Crippen LogP contribution in [0.25, 0.3) is 22.2 Å². The number of pyridine rings is 2. The van der Waals surface area contributed by atoms with Crippen LogP contribution in [0.1, 0.15) is 54.8 Å². The first-order chi connectivity index (χ1) is 23.9. The van der Waals surface area contributed by atoms with Crippen LogP contribution in [0.4, 0.5) is 39.4 Å². The first-order valence-corrected chi connectivity index (χ1v) is 16.9. The molecule has 10 nitrogen and oxygen atoms in total. The number of benzene rings is 1. The molecule has 4 aromatic rings. The Kier molecular flexibility index (Phi) is 7.86. The highest BCUT2D eigenvalue weighted by atomic mass is 35.5. The number of anilines is 3. The zero-order valence-electron chi connectivity index (χ0n) is 27.0. The van der Waals surface area contributed by atoms with E-state index in [0.29, 0.717) is 18.8 Å². The summed E-state index contributed by atoms with van der Waals surface area (Å²) in [6.07, 6.45) is -0.726. The van der Waals surface area contributed by atoms with Gasteiger partial charge in [0.25, 0.3) is 0 Å². The van der Waals surface area contributed by atoms with E-state index in [9.17, 15) is 17.6 Å². The van der Waals surface area contributed by atoms with E-state index in [0.717, 1.165) is 37.4 Å². The molecule has 8 rings (SSSR count). The lowest BCUT2D eigenvalue weighted by atomic mass is 9.95. The van der Waals surface area contributed by atoms with Gasteiger partial charge < -0.3 is 25.8 Å². The van der Waals surface area contributed by atoms with Crippen molar-refractivity contribution in [1.82, 2.24) is 24.8 Å². The van der Waals surface area contributed by atoms with E-state index in [2.05, 4.69) is 19.9 Å². The first kappa shape index (κ1) is 32.9. The average molecular weight is 717 g/mol. The third-order valence-corrected chi connectivity index (χ3v) is 10.7. The lowest BCUT2D eigenvalue weighted by Gasteiger charge is -2.33. The maximum Gasteiger partial charge on any atom is 0.418 e. The fourth-order valence-corrected chi connectivity index (χ4v) is 8.45. The van der Waals surface area contributed by atoms with Gasteiger partial charge in [-0.2, -0.15) is 23.1 Å². The molecule has 0 bridgehead atoms. The number of nitrogens with zero attached hydrogens (tertiary/aromatic N) is 6. The minimum Gasteiger partial charge on any atom is -0.489 e. The van der Waals surface area contributed by atoms with Crippen LogP contribution in [-0.4, -0.2) is 69.4 Å². The van der Waals surface area contributed by atoms with E-state index < -0.39 is 45.5 Å². The molecule has 0 radical (unpaired) electrons. The van der Waals surface area contributed by atoms with Gasteiger partial charge in [-0.05, 0) is 62.8 Å². The molecular formula is C34H34ClF5N8O2. The van der Waals surface area contributed by atoms with Crippen molar-refractivity contribution in [2.45, 2.75) is 63.0 Å². The Bertz CT molecular complexity index is 2010. The Hall–Kier alpha value is -4.24. The van der Waals surface area contributed by atoms with Crippen molar-refractivity contribution in [3.05, 3.63) is 51.9 Å². The number of aromatic nitrogens is 4. The molecule has 16 heteroatoms. The summed E-state index contributed by atoms with van der Waals surface area (Å²) in [5, 5.41) is -0.364. The highest BCUT2D eigenvalue weighted by Gasteiger charge is 2.50. The van der Waals surface area contributed by atoms with E-state index in [-0.39, 0.29) is 78.0 Å². The number of ether oxygens (including phenoxy) is 2. The van der Waals surface area contributed by atoms with E-state index in [1.165, 1.54) is 6.92 Å². The van der Waals surface area contributed by atoms with Crippen LogP contribution in [0, 0.1) is 18.7 Å². The molecule has 4 N–H and O–H groups in total. The zero-order valence-corrected chi connectivity index (χ0v) is 27.8. The van der Waals surface area contributed by atoms with Crippen molar-refractivity contribution in [2.24, 2.45) is 5.92 Å². The number of aryl methyl sites for hydroxylation is 1. The molecule has 0 unspecified atom stereocenters. The average Bonchev–Trinajstić information content (AvgIpc) is 3.77. The second-order valence-electron chi connectivity index (χ2n) is 13.6. The summed E-state index contributed by atoms with van der Waals surface area (Å²) in [5.41, 5.74) is 9.19. The Balaban J connectivity index is 1.36. The number of hydrogen-bond donors (Lipinski definition) is 2. The minimum atomic E-state index is -4.93. The monoisotopic (exact) mass is 716 g/mol. The molecule has 6 heterocycles. The van der Waals surface area contributed by atoms with Gasteiger partial charge in [-0.15, -0.1) is 0 Å². The van der Waals surface area contributed by atoms with Crippen LogP contribution in [0.5, 0.6) is 11.8 Å². The molecule has 2 saturated heterocycles. The Morgan fingerprint density at radius 1 is 1.18 bits per heavy atom. The second kappa shape index (κ2) is 11.9. The number of rotatable bonds is 7. The quantitative estimate of drug-likeness (QED) is 0.200. The number of hydrogen-bond acceptors (Lipinski definition) is 10. The van der Waals surface area contributed by atoms with Crippen molar-refractivity contribution in [3.63, 3.8) is 0 Å². The van der Waals surface area contributed by atoms with E-state index in [1.54, 1.807) is 12.3 Å². The topological polar surface area (TPSA) is 129 Å². The van der Waals surface area contributed by atoms with Gasteiger partial charge in [0.05, 0.1) is 45.4 Å². The van der Waals surface area contributed by atoms with Crippen molar-refractivity contribution in [3.8, 4) is 23.0 Å². The highest BCUT2D eigenvalue weighted by molar-refractivity contribution is 6.36. The fourth-order valence-electron chi connectivity index (χ4n) is 8.13. The van der Waals surface area contributed by atoms with E-state index in [1.807, 2.05) is 11.0 Å². The third kappa shape index (κ3) is 5.40. The predicted molar refractivity (Wildman–Crippen MR) is 177 cm³/mol. The number of nitrogens with two attached hydrogens (primary N) is 2. The second-order valence-corrected chi connectivity index (χ2v) is 14.0. The largest absolute Gasteiger partial charge is 0.489 e. The lowest BCUT2D eigenvalue weighted by Crippen LogP contribution is -2.43. The molecule has 0 spiro atoms. The predicted octanol–water partition coefficient (Wildman–Crippen LogP) is 6.68. The summed E-state index contributed by atoms with van der Waals surface area (Å²) in [4.78, 5) is 21.5. The van der Waals surface area contributed by atoms with Crippen molar-refractivity contribution in [1.29, 1.82) is 0 Å². The molecule has 1 saturated carbocycles. The van der Waals surface area contributed by atoms with Crippen molar-refractivity contribution in [2.75, 3.05) is 49.2 Å². The maximum atomic E-state index is 17.1. The molecule has 1 aliphatic carbocycles. The number of nitrogen functional groups attached to an aromatic ring is 2. The summed E-state index contributed by atoms with van der Waals surface area (Å²) in [5.74, 6) is -0.838. The summed E-state index contributed by atoms with van der Waals surface area (Å²) >= 11 is 6.85. The molecule has 50 heavy (non-hydrogen) atoms. The van der Waals surface area contributed by atoms with E-state index >= 15 is 4.39 Å². The standard InChI is InChI=1S/C34H34ClF5N8O2/c1-16-12-20(41)44-26(23(16)34(38,39)40)21-24(35)29-22-27(25(21)37)45-32(50-15-33-7-3-9-47(33)14-18(36)13-33)46-31(22)48(10-11-49-29)28(17-5-6-17)19-4-2-8-43-30(19)42/h2,4,8,12,17-18,28H,3,5-7,9-11,13-15H2,1H3,(H2,41,44)(H2,42,43)/t18-,28-,33+/m1/s1. The van der Waals surface area contributed by atoms with Gasteiger partial charge >= 0.3 is 12.2 Å². The van der Waals surface area contributed by atoms with Crippen LogP contribution < -0.4 is 25.8 Å². The van der Waals surface area contributed by atoms with Crippen LogP contribution >= 0.6 is 11.6 Å². The summed E-state index contributed by atoms with van der Waals surface area (Å²) < 4.78 is 87.7. The summed E-state index contributed by atoms with van der Waals surface area (Å²) in [6, 6.07) is 4.14. The molecular weight excluding hydrogens is 683 g/mol. The Labute approximate surface area is 288 Å². The zero-order chi connectivity index (χ0) is 35.1. The molecule has 4 aliphatic rings. The fraction of sp³-hybridized carbons (Fsp3) is 0.471. The van der Waals surface area contributed by atoms with Gasteiger partial charge in [0.2, 0.25) is 0 Å². The Morgan fingerprint density at radius 3 is 2.72 bits per heavy atom. The lowest BCUT2D eigenvalue weighted by molar-refractivity contribution is -0.137. The molecule has 1 aromatic carbocycles. The number of halogens is 6. The van der Waals surface area contributed by atoms with Crippen LogP contribution in [0.3, 0.4) is 0 Å². The summed E-state index contributed by atoms with van der Waals surface area (Å²) in [6.45, 7) is 2.52. The minimum absolute atomic E-state index is 0.0152. The normalized spacial score (nSPS) is 22.8. The molecule has 0 amide bonds. The van der Waals surface area contributed by atoms with Crippen LogP contribution in [0.2, 0.25) is 5.02 Å². The molecule has 3 aromatic heterocycles. The smallest absolute Gasteiger partial charge is 0.418 e. The molecule has 3 fully saturated rings. The highest BCUT2D eigenvalue weighted by Crippen LogP contribution is 2.53. The van der Waals surface area contributed by atoms with Gasteiger partial charge in [-0.3, -0.25) is 4.90 Å². The number of alkyl halides is 4. The van der Waals surface area contributed by atoms with Gasteiger partial charge in [0.15, 0.2) is 11.6 Å². The van der Waals surface area contributed by atoms with Crippen molar-refractivity contribution >= 4 is 40.0 Å². The van der Waals surface area contributed by atoms with Crippen LogP contribution in [0.15, 0.2) is 24.4 Å². The molecule has 3 atom stereocenters. The Morgan fingerprint density at radius 2 is 1.98 bits per heavy atom. The molecule has 264 valence electrons. The van der Waals surface area contributed by atoms with Gasteiger partial charge in [-0.25, -0.2) is 18.7 Å². The van der Waals surface area contributed by atoms with E-state index in [4.69, 9.17) is 37.5 Å². The third-order valence-electron chi connectivity index (χ3n) is 10.4.